The van der Waals surface area contributed by atoms with Gasteiger partial charge >= 0.3 is 0 Å². The van der Waals surface area contributed by atoms with Crippen LogP contribution in [-0.2, 0) is 4.79 Å². The first-order chi connectivity index (χ1) is 15.0. The Labute approximate surface area is 178 Å². The zero-order chi connectivity index (χ0) is 21.8. The summed E-state index contributed by atoms with van der Waals surface area (Å²) in [6.45, 7) is 0. The van der Waals surface area contributed by atoms with Crippen molar-refractivity contribution in [3.05, 3.63) is 86.5 Å². The van der Waals surface area contributed by atoms with Crippen molar-refractivity contribution in [3.8, 4) is 0 Å². The Balaban J connectivity index is 1.63. The molecule has 0 atom stereocenters. The van der Waals surface area contributed by atoms with Crippen molar-refractivity contribution in [3.63, 3.8) is 0 Å². The van der Waals surface area contributed by atoms with Crippen molar-refractivity contribution in [2.24, 2.45) is 0 Å². The highest BCUT2D eigenvalue weighted by atomic mass is 16.6. The van der Waals surface area contributed by atoms with Crippen LogP contribution in [0.3, 0.4) is 0 Å². The lowest BCUT2D eigenvalue weighted by atomic mass is 9.88. The van der Waals surface area contributed by atoms with Crippen molar-refractivity contribution in [1.29, 1.82) is 0 Å². The molecule has 1 aromatic heterocycles. The van der Waals surface area contributed by atoms with Crippen LogP contribution in [-0.4, -0.2) is 20.5 Å². The standard InChI is InChI=1S/C23H22N4O4/c28-21(15-12-16-10-13-18(14-11-16)27(30)31)25-26-22(17-6-2-1-3-7-17)24-20-9-5-4-8-19(20)23(26)29/h4-5,8-15,17H,1-3,6-7H2,(H,25,28). The van der Waals surface area contributed by atoms with Gasteiger partial charge in [-0.3, -0.25) is 25.1 Å². The molecule has 158 valence electrons. The second-order valence-corrected chi connectivity index (χ2v) is 7.62. The summed E-state index contributed by atoms with van der Waals surface area (Å²) in [5.41, 5.74) is 3.61. The monoisotopic (exact) mass is 418 g/mol. The molecule has 8 nitrogen and oxygen atoms in total. The Bertz CT molecular complexity index is 1210. The molecule has 1 N–H and O–H groups in total. The first kappa shape index (κ1) is 20.5. The minimum absolute atomic E-state index is 0.0208. The maximum atomic E-state index is 13.1. The highest BCUT2D eigenvalue weighted by Gasteiger charge is 2.23. The third kappa shape index (κ3) is 4.53. The predicted octanol–water partition coefficient (Wildman–Crippen LogP) is 4.14. The second-order valence-electron chi connectivity index (χ2n) is 7.62. The van der Waals surface area contributed by atoms with Gasteiger partial charge in [-0.2, -0.15) is 0 Å². The van der Waals surface area contributed by atoms with E-state index in [1.807, 2.05) is 12.1 Å². The van der Waals surface area contributed by atoms with Gasteiger partial charge in [0.2, 0.25) is 0 Å². The number of rotatable bonds is 5. The Kier molecular flexibility index (Phi) is 5.88. The van der Waals surface area contributed by atoms with Crippen molar-refractivity contribution in [2.45, 2.75) is 38.0 Å². The van der Waals surface area contributed by atoms with E-state index in [2.05, 4.69) is 5.43 Å². The number of carbonyl (C=O) groups excluding carboxylic acids is 1. The van der Waals surface area contributed by atoms with Gasteiger partial charge in [0.1, 0.15) is 5.82 Å². The van der Waals surface area contributed by atoms with Gasteiger partial charge in [-0.1, -0.05) is 31.4 Å². The van der Waals surface area contributed by atoms with E-state index in [9.17, 15) is 19.7 Å². The summed E-state index contributed by atoms with van der Waals surface area (Å²) in [4.78, 5) is 40.7. The summed E-state index contributed by atoms with van der Waals surface area (Å²) in [5, 5.41) is 11.2. The Morgan fingerprint density at radius 3 is 2.52 bits per heavy atom. The van der Waals surface area contributed by atoms with Crippen molar-refractivity contribution in [2.75, 3.05) is 5.43 Å². The molecule has 0 radical (unpaired) electrons. The van der Waals surface area contributed by atoms with Crippen LogP contribution in [0.2, 0.25) is 0 Å². The van der Waals surface area contributed by atoms with E-state index in [1.165, 1.54) is 29.3 Å². The number of nitro benzene ring substituents is 1. The normalized spacial score (nSPS) is 14.7. The molecule has 0 unspecified atom stereocenters. The third-order valence-corrected chi connectivity index (χ3v) is 5.53. The van der Waals surface area contributed by atoms with E-state index in [0.29, 0.717) is 22.3 Å². The minimum Gasteiger partial charge on any atom is -0.268 e. The number of nitro groups is 1. The number of nitrogens with zero attached hydrogens (tertiary/aromatic N) is 3. The van der Waals surface area contributed by atoms with Crippen LogP contribution in [0.1, 0.15) is 49.4 Å². The predicted molar refractivity (Wildman–Crippen MR) is 118 cm³/mol. The van der Waals surface area contributed by atoms with Crippen LogP contribution >= 0.6 is 0 Å². The Morgan fingerprint density at radius 1 is 1.10 bits per heavy atom. The topological polar surface area (TPSA) is 107 Å². The minimum atomic E-state index is -0.480. The molecule has 0 spiro atoms. The lowest BCUT2D eigenvalue weighted by Crippen LogP contribution is -2.37. The van der Waals surface area contributed by atoms with Crippen LogP contribution in [0.5, 0.6) is 0 Å². The molecule has 0 saturated heterocycles. The highest BCUT2D eigenvalue weighted by molar-refractivity contribution is 5.97. The highest BCUT2D eigenvalue weighted by Crippen LogP contribution is 2.31. The fourth-order valence-corrected chi connectivity index (χ4v) is 3.92. The third-order valence-electron chi connectivity index (χ3n) is 5.53. The van der Waals surface area contributed by atoms with Gasteiger partial charge < -0.3 is 0 Å². The number of non-ortho nitro benzene ring substituents is 1. The van der Waals surface area contributed by atoms with Gasteiger partial charge in [0.05, 0.1) is 15.8 Å². The SMILES string of the molecule is O=C(C=Cc1ccc([N+](=O)[O-])cc1)Nn1c(C2CCCCC2)nc2ccccc2c1=O. The van der Waals surface area contributed by atoms with Crippen LogP contribution in [0, 0.1) is 10.1 Å². The van der Waals surface area contributed by atoms with Gasteiger partial charge in [-0.15, -0.1) is 0 Å². The quantitative estimate of drug-likeness (QED) is 0.381. The number of aromatic nitrogens is 2. The van der Waals surface area contributed by atoms with Crippen LogP contribution < -0.4 is 11.0 Å². The molecular formula is C23H22N4O4. The first-order valence-corrected chi connectivity index (χ1v) is 10.3. The van der Waals surface area contributed by atoms with E-state index in [-0.39, 0.29) is 17.2 Å². The number of hydrogen-bond donors (Lipinski definition) is 1. The molecule has 1 saturated carbocycles. The Morgan fingerprint density at radius 2 is 1.81 bits per heavy atom. The number of nitrogens with one attached hydrogen (secondary N) is 1. The molecule has 2 aromatic carbocycles. The van der Waals surface area contributed by atoms with Gasteiger partial charge in [0, 0.05) is 24.1 Å². The summed E-state index contributed by atoms with van der Waals surface area (Å²) >= 11 is 0. The average Bonchev–Trinajstić information content (AvgIpc) is 2.80. The number of benzene rings is 2. The van der Waals surface area contributed by atoms with Gasteiger partial charge in [0.25, 0.3) is 17.2 Å². The number of hydrogen-bond acceptors (Lipinski definition) is 5. The van der Waals surface area contributed by atoms with Gasteiger partial charge in [-0.25, -0.2) is 9.66 Å². The molecule has 4 rings (SSSR count). The van der Waals surface area contributed by atoms with Crippen molar-refractivity contribution >= 4 is 28.6 Å². The van der Waals surface area contributed by atoms with Crippen LogP contribution in [0.4, 0.5) is 5.69 Å². The molecule has 8 heteroatoms. The molecule has 0 bridgehead atoms. The van der Waals surface area contributed by atoms with E-state index < -0.39 is 10.8 Å². The summed E-state index contributed by atoms with van der Waals surface area (Å²) < 4.78 is 1.28. The molecule has 1 fully saturated rings. The van der Waals surface area contributed by atoms with Crippen LogP contribution in [0.25, 0.3) is 17.0 Å². The molecule has 1 heterocycles. The number of para-hydroxylation sites is 1. The van der Waals surface area contributed by atoms with E-state index in [1.54, 1.807) is 30.3 Å². The second kappa shape index (κ2) is 8.91. The lowest BCUT2D eigenvalue weighted by molar-refractivity contribution is -0.384. The van der Waals surface area contributed by atoms with Crippen LogP contribution in [0.15, 0.2) is 59.4 Å². The molecule has 1 aliphatic carbocycles. The van der Waals surface area contributed by atoms with E-state index >= 15 is 0 Å². The molecule has 1 amide bonds. The summed E-state index contributed by atoms with van der Waals surface area (Å²) in [6, 6.07) is 13.0. The molecule has 1 aliphatic rings. The summed E-state index contributed by atoms with van der Waals surface area (Å²) in [7, 11) is 0. The van der Waals surface area contributed by atoms with E-state index in [0.717, 1.165) is 25.7 Å². The van der Waals surface area contributed by atoms with Crippen molar-refractivity contribution in [1.82, 2.24) is 9.66 Å². The van der Waals surface area contributed by atoms with Gasteiger partial charge in [0.15, 0.2) is 0 Å². The Hall–Kier alpha value is -3.81. The first-order valence-electron chi connectivity index (χ1n) is 10.3. The smallest absolute Gasteiger partial charge is 0.268 e. The molecule has 3 aromatic rings. The number of fused-ring (bicyclic) bond motifs is 1. The largest absolute Gasteiger partial charge is 0.280 e. The molecule has 31 heavy (non-hydrogen) atoms. The van der Waals surface area contributed by atoms with Crippen molar-refractivity contribution < 1.29 is 9.72 Å². The molecule has 0 aliphatic heterocycles. The average molecular weight is 418 g/mol. The fourth-order valence-electron chi connectivity index (χ4n) is 3.92. The maximum Gasteiger partial charge on any atom is 0.280 e. The fraction of sp³-hybridized carbons (Fsp3) is 0.261. The zero-order valence-corrected chi connectivity index (χ0v) is 16.9. The summed E-state index contributed by atoms with van der Waals surface area (Å²) in [6.07, 6.45) is 8.01. The van der Waals surface area contributed by atoms with Gasteiger partial charge in [-0.05, 0) is 48.7 Å². The maximum absolute atomic E-state index is 13.1. The number of amides is 1. The summed E-state index contributed by atoms with van der Waals surface area (Å²) in [5.74, 6) is 0.222. The lowest BCUT2D eigenvalue weighted by Gasteiger charge is -2.24. The zero-order valence-electron chi connectivity index (χ0n) is 16.9. The number of carbonyl (C=O) groups is 1. The molecular weight excluding hydrogens is 396 g/mol. The van der Waals surface area contributed by atoms with E-state index in [4.69, 9.17) is 4.98 Å².